The minimum Gasteiger partial charge on any atom is -0.339 e. The van der Waals surface area contributed by atoms with Crippen LogP contribution in [0.15, 0.2) is 42.5 Å². The summed E-state index contributed by atoms with van der Waals surface area (Å²) in [7, 11) is 0. The van der Waals surface area contributed by atoms with Crippen LogP contribution in [0.3, 0.4) is 0 Å². The molecule has 2 N–H and O–H groups in total. The molecule has 2 heterocycles. The Bertz CT molecular complexity index is 988. The van der Waals surface area contributed by atoms with Gasteiger partial charge in [-0.05, 0) is 68.7 Å². The van der Waals surface area contributed by atoms with Crippen LogP contribution in [-0.4, -0.2) is 25.9 Å². The van der Waals surface area contributed by atoms with E-state index in [0.717, 1.165) is 35.1 Å². The maximum absolute atomic E-state index is 12.2. The lowest BCUT2D eigenvalue weighted by molar-refractivity contribution is -0.116. The van der Waals surface area contributed by atoms with E-state index < -0.39 is 0 Å². The van der Waals surface area contributed by atoms with Crippen LogP contribution in [0.5, 0.6) is 0 Å². The molecule has 0 atom stereocenters. The van der Waals surface area contributed by atoms with Gasteiger partial charge in [0.25, 0.3) is 0 Å². The van der Waals surface area contributed by atoms with Crippen LogP contribution in [-0.2, 0) is 4.79 Å². The Morgan fingerprint density at radius 1 is 1.03 bits per heavy atom. The fraction of sp³-hybridized carbons (Fsp3) is 0.391. The number of carbonyl (C=O) groups is 1. The van der Waals surface area contributed by atoms with Crippen molar-refractivity contribution < 1.29 is 4.79 Å². The predicted molar refractivity (Wildman–Crippen MR) is 118 cm³/mol. The Hall–Kier alpha value is -3.22. The molecule has 0 bridgehead atoms. The number of benzene rings is 1. The zero-order chi connectivity index (χ0) is 20.9. The van der Waals surface area contributed by atoms with Gasteiger partial charge in [0, 0.05) is 23.5 Å². The van der Waals surface area contributed by atoms with Gasteiger partial charge in [0.2, 0.25) is 5.91 Å². The van der Waals surface area contributed by atoms with Gasteiger partial charge in [0.1, 0.15) is 0 Å². The van der Waals surface area contributed by atoms with Crippen LogP contribution in [0.2, 0.25) is 0 Å². The first kappa shape index (κ1) is 20.1. The first-order chi connectivity index (χ1) is 14.6. The van der Waals surface area contributed by atoms with Crippen LogP contribution < -0.4 is 10.6 Å². The molecule has 0 radical (unpaired) electrons. The smallest absolute Gasteiger partial charge is 0.224 e. The first-order valence-corrected chi connectivity index (χ1v) is 10.6. The van der Waals surface area contributed by atoms with Gasteiger partial charge in [0.15, 0.2) is 11.6 Å². The Labute approximate surface area is 176 Å². The van der Waals surface area contributed by atoms with Crippen molar-refractivity contribution in [3.8, 4) is 5.82 Å². The second kappa shape index (κ2) is 9.07. The molecule has 1 amide bonds. The summed E-state index contributed by atoms with van der Waals surface area (Å²) < 4.78 is 1.77. The van der Waals surface area contributed by atoms with Crippen molar-refractivity contribution in [3.05, 3.63) is 53.9 Å². The highest BCUT2D eigenvalue weighted by Crippen LogP contribution is 2.28. The van der Waals surface area contributed by atoms with E-state index in [4.69, 9.17) is 0 Å². The fourth-order valence-corrected chi connectivity index (χ4v) is 4.01. The standard InChI is InChI=1S/C23H28N6O/c1-16-15-17(2)29(28-16)22-13-12-21(26-27-22)24-19-8-10-20(11-9-19)25-23(30)14-7-18-5-3-4-6-18/h8-13,15,18H,3-7,14H2,1-2H3,(H,24,26)(H,25,30). The summed E-state index contributed by atoms with van der Waals surface area (Å²) in [5.74, 6) is 2.15. The van der Waals surface area contributed by atoms with E-state index in [0.29, 0.717) is 18.1 Å². The highest BCUT2D eigenvalue weighted by molar-refractivity contribution is 5.90. The van der Waals surface area contributed by atoms with Gasteiger partial charge in [-0.15, -0.1) is 10.2 Å². The molecule has 3 aromatic rings. The highest BCUT2D eigenvalue weighted by atomic mass is 16.1. The van der Waals surface area contributed by atoms with Crippen LogP contribution in [0.4, 0.5) is 17.2 Å². The number of aryl methyl sites for hydroxylation is 2. The molecule has 7 nitrogen and oxygen atoms in total. The van der Waals surface area contributed by atoms with E-state index >= 15 is 0 Å². The summed E-state index contributed by atoms with van der Waals surface area (Å²) in [5, 5.41) is 19.1. The molecule has 30 heavy (non-hydrogen) atoms. The van der Waals surface area contributed by atoms with Crippen LogP contribution >= 0.6 is 0 Å². The number of hydrogen-bond acceptors (Lipinski definition) is 5. The van der Waals surface area contributed by atoms with E-state index in [9.17, 15) is 4.79 Å². The zero-order valence-corrected chi connectivity index (χ0v) is 17.6. The number of anilines is 3. The molecular formula is C23H28N6O. The van der Waals surface area contributed by atoms with Crippen molar-refractivity contribution in [2.45, 2.75) is 52.4 Å². The lowest BCUT2D eigenvalue weighted by Gasteiger charge is -2.10. The average molecular weight is 405 g/mol. The van der Waals surface area contributed by atoms with E-state index in [-0.39, 0.29) is 5.91 Å². The molecule has 7 heteroatoms. The molecule has 1 aliphatic carbocycles. The number of nitrogens with one attached hydrogen (secondary N) is 2. The van der Waals surface area contributed by atoms with Crippen LogP contribution in [0, 0.1) is 19.8 Å². The predicted octanol–water partition coefficient (Wildman–Crippen LogP) is 4.93. The van der Waals surface area contributed by atoms with Crippen molar-refractivity contribution in [1.29, 1.82) is 0 Å². The maximum Gasteiger partial charge on any atom is 0.224 e. The molecule has 1 saturated carbocycles. The minimum atomic E-state index is 0.0909. The van der Waals surface area contributed by atoms with Gasteiger partial charge >= 0.3 is 0 Å². The Morgan fingerprint density at radius 2 is 1.77 bits per heavy atom. The third kappa shape index (κ3) is 5.03. The number of hydrogen-bond donors (Lipinski definition) is 2. The summed E-state index contributed by atoms with van der Waals surface area (Å²) in [4.78, 5) is 12.2. The SMILES string of the molecule is Cc1cc(C)n(-c2ccc(Nc3ccc(NC(=O)CCC4CCCC4)cc3)nn2)n1. The molecule has 156 valence electrons. The van der Waals surface area contributed by atoms with Crippen molar-refractivity contribution in [2.75, 3.05) is 10.6 Å². The number of rotatable bonds is 7. The maximum atomic E-state index is 12.2. The second-order valence-corrected chi connectivity index (χ2v) is 8.06. The average Bonchev–Trinajstić information content (AvgIpc) is 3.38. The molecule has 0 spiro atoms. The van der Waals surface area contributed by atoms with Gasteiger partial charge in [0.05, 0.1) is 5.69 Å². The van der Waals surface area contributed by atoms with Crippen molar-refractivity contribution >= 4 is 23.1 Å². The molecule has 0 unspecified atom stereocenters. The molecule has 4 rings (SSSR count). The topological polar surface area (TPSA) is 84.7 Å². The molecular weight excluding hydrogens is 376 g/mol. The molecule has 0 saturated heterocycles. The van der Waals surface area contributed by atoms with E-state index in [2.05, 4.69) is 25.9 Å². The van der Waals surface area contributed by atoms with Crippen LogP contribution in [0.25, 0.3) is 5.82 Å². The molecule has 1 aliphatic rings. The quantitative estimate of drug-likeness (QED) is 0.583. The summed E-state index contributed by atoms with van der Waals surface area (Å²) in [6, 6.07) is 13.4. The zero-order valence-electron chi connectivity index (χ0n) is 17.6. The molecule has 2 aromatic heterocycles. The Morgan fingerprint density at radius 3 is 2.40 bits per heavy atom. The normalized spacial score (nSPS) is 14.1. The summed E-state index contributed by atoms with van der Waals surface area (Å²) in [6.07, 6.45) is 6.78. The van der Waals surface area contributed by atoms with E-state index in [1.807, 2.05) is 56.3 Å². The van der Waals surface area contributed by atoms with Gasteiger partial charge in [-0.1, -0.05) is 25.7 Å². The first-order valence-electron chi connectivity index (χ1n) is 10.6. The second-order valence-electron chi connectivity index (χ2n) is 8.06. The van der Waals surface area contributed by atoms with Crippen molar-refractivity contribution in [2.24, 2.45) is 5.92 Å². The third-order valence-electron chi connectivity index (χ3n) is 5.57. The lowest BCUT2D eigenvalue weighted by Crippen LogP contribution is -2.12. The van der Waals surface area contributed by atoms with E-state index in [1.165, 1.54) is 25.7 Å². The highest BCUT2D eigenvalue weighted by Gasteiger charge is 2.16. The Balaban J connectivity index is 1.30. The number of carbonyl (C=O) groups excluding carboxylic acids is 1. The van der Waals surface area contributed by atoms with Crippen molar-refractivity contribution in [3.63, 3.8) is 0 Å². The fourth-order valence-electron chi connectivity index (χ4n) is 4.01. The van der Waals surface area contributed by atoms with Gasteiger partial charge < -0.3 is 10.6 Å². The van der Waals surface area contributed by atoms with E-state index in [1.54, 1.807) is 4.68 Å². The van der Waals surface area contributed by atoms with Gasteiger partial charge in [-0.25, -0.2) is 4.68 Å². The monoisotopic (exact) mass is 404 g/mol. The molecule has 1 fully saturated rings. The summed E-state index contributed by atoms with van der Waals surface area (Å²) >= 11 is 0. The minimum absolute atomic E-state index is 0.0909. The van der Waals surface area contributed by atoms with Crippen molar-refractivity contribution in [1.82, 2.24) is 20.0 Å². The largest absolute Gasteiger partial charge is 0.339 e. The number of nitrogens with zero attached hydrogens (tertiary/aromatic N) is 4. The third-order valence-corrected chi connectivity index (χ3v) is 5.57. The molecule has 1 aromatic carbocycles. The molecule has 0 aliphatic heterocycles. The summed E-state index contributed by atoms with van der Waals surface area (Å²) in [5.41, 5.74) is 3.65. The number of aromatic nitrogens is 4. The van der Waals surface area contributed by atoms with Gasteiger partial charge in [-0.3, -0.25) is 4.79 Å². The Kier molecular flexibility index (Phi) is 6.07. The lowest BCUT2D eigenvalue weighted by atomic mass is 10.0. The van der Waals surface area contributed by atoms with Gasteiger partial charge in [-0.2, -0.15) is 5.10 Å². The number of amides is 1. The summed E-state index contributed by atoms with van der Waals surface area (Å²) in [6.45, 7) is 3.94. The van der Waals surface area contributed by atoms with Crippen LogP contribution in [0.1, 0.15) is 49.9 Å².